The first-order valence-electron chi connectivity index (χ1n) is 6.44. The molecule has 0 fully saturated rings. The van der Waals surface area contributed by atoms with Gasteiger partial charge in [-0.05, 0) is 59.2 Å². The van der Waals surface area contributed by atoms with Gasteiger partial charge in [-0.15, -0.1) is 0 Å². The van der Waals surface area contributed by atoms with Crippen molar-refractivity contribution in [3.63, 3.8) is 0 Å². The fraction of sp³-hybridized carbons (Fsp3) is 0.250. The van der Waals surface area contributed by atoms with Gasteiger partial charge < -0.3 is 10.1 Å². The molecule has 0 bridgehead atoms. The molecule has 0 aliphatic heterocycles. The Kier molecular flexibility index (Phi) is 4.96. The summed E-state index contributed by atoms with van der Waals surface area (Å²) >= 11 is 3.18. The largest absolute Gasteiger partial charge is 0.496 e. The maximum absolute atomic E-state index is 13.7. The van der Waals surface area contributed by atoms with Crippen molar-refractivity contribution in [1.82, 2.24) is 5.32 Å². The Morgan fingerprint density at radius 2 is 1.86 bits per heavy atom. The molecule has 0 heterocycles. The van der Waals surface area contributed by atoms with E-state index in [0.29, 0.717) is 10.2 Å². The van der Waals surface area contributed by atoms with E-state index in [1.165, 1.54) is 25.3 Å². The molecule has 1 atom stereocenters. The van der Waals surface area contributed by atoms with Crippen LogP contribution in [0.4, 0.5) is 8.78 Å². The van der Waals surface area contributed by atoms with Gasteiger partial charge in [-0.1, -0.05) is 6.07 Å². The molecule has 112 valence electrons. The van der Waals surface area contributed by atoms with E-state index < -0.39 is 5.82 Å². The van der Waals surface area contributed by atoms with E-state index in [4.69, 9.17) is 4.74 Å². The third-order valence-corrected chi connectivity index (χ3v) is 4.03. The molecule has 1 unspecified atom stereocenters. The van der Waals surface area contributed by atoms with Crippen molar-refractivity contribution in [2.45, 2.75) is 13.0 Å². The first kappa shape index (κ1) is 15.9. The number of benzene rings is 2. The standard InChI is InChI=1S/C16H16BrF2NO/c1-9-4-5-10(18)6-11(9)16(20-2)12-7-13(17)14(19)8-15(12)21-3/h4-8,16,20H,1-3H3. The molecule has 2 aromatic carbocycles. The van der Waals surface area contributed by atoms with E-state index in [2.05, 4.69) is 21.2 Å². The minimum Gasteiger partial charge on any atom is -0.496 e. The van der Waals surface area contributed by atoms with E-state index in [9.17, 15) is 8.78 Å². The van der Waals surface area contributed by atoms with E-state index >= 15 is 0 Å². The van der Waals surface area contributed by atoms with Gasteiger partial charge >= 0.3 is 0 Å². The molecule has 0 amide bonds. The molecule has 0 radical (unpaired) electrons. The van der Waals surface area contributed by atoms with Crippen LogP contribution in [0.2, 0.25) is 0 Å². The summed E-state index contributed by atoms with van der Waals surface area (Å²) < 4.78 is 32.8. The number of ether oxygens (including phenoxy) is 1. The van der Waals surface area contributed by atoms with Crippen LogP contribution in [0.25, 0.3) is 0 Å². The van der Waals surface area contributed by atoms with Crippen LogP contribution >= 0.6 is 15.9 Å². The van der Waals surface area contributed by atoms with E-state index in [-0.39, 0.29) is 11.9 Å². The summed E-state index contributed by atoms with van der Waals surface area (Å²) in [6, 6.07) is 7.29. The van der Waals surface area contributed by atoms with Crippen molar-refractivity contribution in [3.8, 4) is 5.75 Å². The molecule has 1 N–H and O–H groups in total. The van der Waals surface area contributed by atoms with Gasteiger partial charge in [0, 0.05) is 11.6 Å². The number of methoxy groups -OCH3 is 1. The lowest BCUT2D eigenvalue weighted by atomic mass is 9.94. The van der Waals surface area contributed by atoms with Gasteiger partial charge in [-0.25, -0.2) is 8.78 Å². The second-order valence-electron chi connectivity index (χ2n) is 4.73. The van der Waals surface area contributed by atoms with Gasteiger partial charge in [0.15, 0.2) is 0 Å². The molecule has 0 saturated carbocycles. The molecule has 5 heteroatoms. The lowest BCUT2D eigenvalue weighted by Gasteiger charge is -2.22. The van der Waals surface area contributed by atoms with Crippen LogP contribution in [0.5, 0.6) is 5.75 Å². The number of hydrogen-bond acceptors (Lipinski definition) is 2. The zero-order valence-electron chi connectivity index (χ0n) is 12.0. The van der Waals surface area contributed by atoms with Gasteiger partial charge in [0.1, 0.15) is 17.4 Å². The number of halogens is 3. The Balaban J connectivity index is 2.61. The molecule has 21 heavy (non-hydrogen) atoms. The zero-order chi connectivity index (χ0) is 15.6. The Morgan fingerprint density at radius 1 is 1.14 bits per heavy atom. The monoisotopic (exact) mass is 355 g/mol. The first-order valence-corrected chi connectivity index (χ1v) is 7.23. The highest BCUT2D eigenvalue weighted by molar-refractivity contribution is 9.10. The Bertz CT molecular complexity index is 661. The highest BCUT2D eigenvalue weighted by Gasteiger charge is 2.21. The minimum absolute atomic E-state index is 0.299. The lowest BCUT2D eigenvalue weighted by Crippen LogP contribution is -2.20. The van der Waals surface area contributed by atoms with Crippen LogP contribution in [0.15, 0.2) is 34.8 Å². The number of rotatable bonds is 4. The second kappa shape index (κ2) is 6.54. The lowest BCUT2D eigenvalue weighted by molar-refractivity contribution is 0.401. The Labute approximate surface area is 131 Å². The second-order valence-corrected chi connectivity index (χ2v) is 5.59. The van der Waals surface area contributed by atoms with Crippen molar-refractivity contribution >= 4 is 15.9 Å². The van der Waals surface area contributed by atoms with Crippen molar-refractivity contribution in [2.24, 2.45) is 0 Å². The predicted molar refractivity (Wildman–Crippen MR) is 82.7 cm³/mol. The van der Waals surface area contributed by atoms with Gasteiger partial charge in [0.05, 0.1) is 17.6 Å². The summed E-state index contributed by atoms with van der Waals surface area (Å²) in [4.78, 5) is 0. The zero-order valence-corrected chi connectivity index (χ0v) is 13.6. The Hall–Kier alpha value is -1.46. The molecule has 2 aromatic rings. The van der Waals surface area contributed by atoms with Crippen LogP contribution in [0.1, 0.15) is 22.7 Å². The minimum atomic E-state index is -0.401. The highest BCUT2D eigenvalue weighted by atomic mass is 79.9. The maximum Gasteiger partial charge on any atom is 0.141 e. The summed E-state index contributed by atoms with van der Waals surface area (Å²) in [5.41, 5.74) is 2.47. The maximum atomic E-state index is 13.7. The molecule has 0 spiro atoms. The summed E-state index contributed by atoms with van der Waals surface area (Å²) in [6.45, 7) is 1.91. The van der Waals surface area contributed by atoms with Gasteiger partial charge in [-0.3, -0.25) is 0 Å². The van der Waals surface area contributed by atoms with Crippen LogP contribution in [-0.2, 0) is 0 Å². The van der Waals surface area contributed by atoms with Crippen molar-refractivity contribution in [1.29, 1.82) is 0 Å². The van der Waals surface area contributed by atoms with Crippen molar-refractivity contribution in [2.75, 3.05) is 14.2 Å². The molecule has 0 saturated heterocycles. The third-order valence-electron chi connectivity index (χ3n) is 3.42. The average Bonchev–Trinajstić information content (AvgIpc) is 2.46. The third kappa shape index (κ3) is 3.24. The smallest absolute Gasteiger partial charge is 0.141 e. The summed E-state index contributed by atoms with van der Waals surface area (Å²) in [5, 5.41) is 3.13. The molecule has 2 rings (SSSR count). The number of aryl methyl sites for hydroxylation is 1. The summed E-state index contributed by atoms with van der Waals surface area (Å²) in [5.74, 6) is -0.295. The number of nitrogens with one attached hydrogen (secondary N) is 1. The SMILES string of the molecule is CNC(c1cc(F)ccc1C)c1cc(Br)c(F)cc1OC. The fourth-order valence-corrected chi connectivity index (χ4v) is 2.71. The number of hydrogen-bond donors (Lipinski definition) is 1. The molecular formula is C16H16BrF2NO. The molecule has 0 aliphatic carbocycles. The van der Waals surface area contributed by atoms with Crippen molar-refractivity contribution in [3.05, 3.63) is 63.1 Å². The van der Waals surface area contributed by atoms with Crippen LogP contribution in [-0.4, -0.2) is 14.2 Å². The van der Waals surface area contributed by atoms with Gasteiger partial charge in [-0.2, -0.15) is 0 Å². The molecule has 0 aromatic heterocycles. The van der Waals surface area contributed by atoms with Gasteiger partial charge in [0.25, 0.3) is 0 Å². The van der Waals surface area contributed by atoms with Crippen LogP contribution in [0.3, 0.4) is 0 Å². The summed E-state index contributed by atoms with van der Waals surface area (Å²) in [7, 11) is 3.25. The molecule has 2 nitrogen and oxygen atoms in total. The van der Waals surface area contributed by atoms with E-state index in [1.807, 2.05) is 6.92 Å². The quantitative estimate of drug-likeness (QED) is 0.879. The van der Waals surface area contributed by atoms with E-state index in [0.717, 1.165) is 16.7 Å². The Morgan fingerprint density at radius 3 is 2.48 bits per heavy atom. The van der Waals surface area contributed by atoms with Crippen LogP contribution < -0.4 is 10.1 Å². The van der Waals surface area contributed by atoms with Crippen molar-refractivity contribution < 1.29 is 13.5 Å². The topological polar surface area (TPSA) is 21.3 Å². The molecular weight excluding hydrogens is 340 g/mol. The fourth-order valence-electron chi connectivity index (χ4n) is 2.35. The normalized spacial score (nSPS) is 12.3. The van der Waals surface area contributed by atoms with Gasteiger partial charge in [0.2, 0.25) is 0 Å². The molecule has 0 aliphatic rings. The summed E-state index contributed by atoms with van der Waals surface area (Å²) in [6.07, 6.45) is 0. The average molecular weight is 356 g/mol. The first-order chi connectivity index (χ1) is 9.97. The predicted octanol–water partition coefficient (Wildman–Crippen LogP) is 4.35. The highest BCUT2D eigenvalue weighted by Crippen LogP contribution is 2.35. The van der Waals surface area contributed by atoms with Crippen LogP contribution in [0, 0.1) is 18.6 Å². The van der Waals surface area contributed by atoms with E-state index in [1.54, 1.807) is 19.2 Å².